The third kappa shape index (κ3) is 4.73. The minimum atomic E-state index is -0.566. The zero-order chi connectivity index (χ0) is 17.7. The summed E-state index contributed by atoms with van der Waals surface area (Å²) in [6.45, 7) is 6.88. The average molecular weight is 324 g/mol. The predicted octanol–water partition coefficient (Wildman–Crippen LogP) is 0.569. The Balaban J connectivity index is 0.000000238. The lowest BCUT2D eigenvalue weighted by Crippen LogP contribution is -2.36. The molecule has 0 bridgehead atoms. The Bertz CT molecular complexity index is 530. The number of hydrogen-bond donors (Lipinski definition) is 0. The molecule has 2 aliphatic rings. The van der Waals surface area contributed by atoms with Crippen LogP contribution >= 0.6 is 0 Å². The van der Waals surface area contributed by atoms with E-state index in [1.807, 2.05) is 13.8 Å². The Labute approximate surface area is 134 Å². The van der Waals surface area contributed by atoms with Crippen molar-refractivity contribution in [3.8, 4) is 0 Å². The fourth-order valence-electron chi connectivity index (χ4n) is 1.77. The van der Waals surface area contributed by atoms with Gasteiger partial charge in [0.1, 0.15) is 0 Å². The van der Waals surface area contributed by atoms with Crippen LogP contribution in [0.1, 0.15) is 40.5 Å². The van der Waals surface area contributed by atoms with Crippen LogP contribution in [0.15, 0.2) is 12.2 Å². The monoisotopic (exact) mass is 324 g/mol. The fraction of sp³-hybridized carbons (Fsp3) is 0.533. The molecule has 0 atom stereocenters. The van der Waals surface area contributed by atoms with Crippen LogP contribution < -0.4 is 0 Å². The van der Waals surface area contributed by atoms with Gasteiger partial charge in [-0.25, -0.2) is 4.79 Å². The Morgan fingerprint density at radius 3 is 1.70 bits per heavy atom. The Kier molecular flexibility index (Phi) is 6.18. The maximum Gasteiger partial charge on any atom is 0.335 e. The molecule has 1 saturated heterocycles. The first-order valence-corrected chi connectivity index (χ1v) is 7.28. The molecule has 0 saturated carbocycles. The van der Waals surface area contributed by atoms with Crippen LogP contribution in [-0.2, 0) is 28.8 Å². The molecule has 8 nitrogen and oxygen atoms in total. The van der Waals surface area contributed by atoms with E-state index in [4.69, 9.17) is 0 Å². The summed E-state index contributed by atoms with van der Waals surface area (Å²) in [6, 6.07) is -0.0324. The molecule has 0 aromatic carbocycles. The summed E-state index contributed by atoms with van der Waals surface area (Å²) in [5, 5.41) is 0.558. The summed E-state index contributed by atoms with van der Waals surface area (Å²) in [7, 11) is 0. The standard InChI is InChI=1S/C8H11NO4.C7H9NO2/c1-5(2)8(12)13-9-6(10)3-4-7(9)11;1-5(2)8-6(9)3-4-7(8)10/h5H,3-4H2,1-2H3;3-5H,1-2H3. The Morgan fingerprint density at radius 1 is 0.957 bits per heavy atom. The van der Waals surface area contributed by atoms with Crippen molar-refractivity contribution < 1.29 is 28.8 Å². The topological polar surface area (TPSA) is 101 Å². The zero-order valence-corrected chi connectivity index (χ0v) is 13.6. The van der Waals surface area contributed by atoms with Gasteiger partial charge in [-0.15, -0.1) is 5.06 Å². The second kappa shape index (κ2) is 7.66. The van der Waals surface area contributed by atoms with Crippen molar-refractivity contribution in [3.05, 3.63) is 12.2 Å². The van der Waals surface area contributed by atoms with Gasteiger partial charge in [0.15, 0.2) is 0 Å². The number of amides is 4. The van der Waals surface area contributed by atoms with E-state index in [0.29, 0.717) is 5.06 Å². The molecule has 2 rings (SSSR count). The molecule has 23 heavy (non-hydrogen) atoms. The number of nitrogens with zero attached hydrogens (tertiary/aromatic N) is 2. The van der Waals surface area contributed by atoms with Gasteiger partial charge < -0.3 is 4.84 Å². The van der Waals surface area contributed by atoms with Crippen molar-refractivity contribution in [1.29, 1.82) is 0 Å². The van der Waals surface area contributed by atoms with Gasteiger partial charge in [0.2, 0.25) is 0 Å². The van der Waals surface area contributed by atoms with Gasteiger partial charge in [0.05, 0.1) is 5.92 Å². The number of carbonyl (C=O) groups excluding carboxylic acids is 5. The van der Waals surface area contributed by atoms with Gasteiger partial charge in [-0.1, -0.05) is 13.8 Å². The number of rotatable bonds is 3. The highest BCUT2D eigenvalue weighted by atomic mass is 16.7. The zero-order valence-electron chi connectivity index (χ0n) is 13.6. The molecule has 1 fully saturated rings. The molecule has 4 amide bonds. The lowest BCUT2D eigenvalue weighted by atomic mass is 10.2. The highest BCUT2D eigenvalue weighted by molar-refractivity contribution is 6.13. The van der Waals surface area contributed by atoms with Gasteiger partial charge in [-0.3, -0.25) is 24.1 Å². The highest BCUT2D eigenvalue weighted by Gasteiger charge is 2.33. The molecular weight excluding hydrogens is 304 g/mol. The third-order valence-electron chi connectivity index (χ3n) is 3.02. The van der Waals surface area contributed by atoms with Gasteiger partial charge in [0.25, 0.3) is 23.6 Å². The molecule has 0 aromatic heterocycles. The van der Waals surface area contributed by atoms with Gasteiger partial charge in [-0.2, -0.15) is 0 Å². The summed E-state index contributed by atoms with van der Waals surface area (Å²) in [4.78, 5) is 60.5. The van der Waals surface area contributed by atoms with Crippen molar-refractivity contribution >= 4 is 29.6 Å². The predicted molar refractivity (Wildman–Crippen MR) is 78.1 cm³/mol. The first kappa shape index (κ1) is 18.5. The van der Waals surface area contributed by atoms with Crippen LogP contribution in [-0.4, -0.2) is 45.6 Å². The van der Waals surface area contributed by atoms with E-state index in [0.717, 1.165) is 0 Å². The SMILES string of the molecule is CC(C)C(=O)ON1C(=O)CCC1=O.CC(C)N1C(=O)C=CC1=O. The molecule has 0 spiro atoms. The first-order chi connectivity index (χ1) is 10.6. The Hall–Kier alpha value is -2.51. The maximum absolute atomic E-state index is 11.0. The van der Waals surface area contributed by atoms with Crippen LogP contribution in [0.25, 0.3) is 0 Å². The van der Waals surface area contributed by atoms with Gasteiger partial charge in [0, 0.05) is 31.0 Å². The van der Waals surface area contributed by atoms with E-state index >= 15 is 0 Å². The van der Waals surface area contributed by atoms with E-state index < -0.39 is 17.8 Å². The number of hydrogen-bond acceptors (Lipinski definition) is 6. The van der Waals surface area contributed by atoms with Crippen molar-refractivity contribution in [3.63, 3.8) is 0 Å². The van der Waals surface area contributed by atoms with Gasteiger partial charge in [-0.05, 0) is 13.8 Å². The molecule has 2 aliphatic heterocycles. The van der Waals surface area contributed by atoms with Gasteiger partial charge >= 0.3 is 5.97 Å². The van der Waals surface area contributed by atoms with E-state index in [-0.39, 0.29) is 36.6 Å². The van der Waals surface area contributed by atoms with Crippen molar-refractivity contribution in [2.24, 2.45) is 5.92 Å². The molecule has 0 aliphatic carbocycles. The summed E-state index contributed by atoms with van der Waals surface area (Å²) in [5.41, 5.74) is 0. The van der Waals surface area contributed by atoms with E-state index in [9.17, 15) is 24.0 Å². The maximum atomic E-state index is 11.0. The smallest absolute Gasteiger partial charge is 0.330 e. The molecule has 8 heteroatoms. The van der Waals surface area contributed by atoms with Crippen LogP contribution in [0.5, 0.6) is 0 Å². The normalized spacial score (nSPS) is 17.3. The Morgan fingerprint density at radius 2 is 1.39 bits per heavy atom. The van der Waals surface area contributed by atoms with E-state index in [1.54, 1.807) is 13.8 Å². The summed E-state index contributed by atoms with van der Waals surface area (Å²) in [5.74, 6) is -2.22. The van der Waals surface area contributed by atoms with Crippen molar-refractivity contribution in [2.45, 2.75) is 46.6 Å². The van der Waals surface area contributed by atoms with E-state index in [2.05, 4.69) is 4.84 Å². The summed E-state index contributed by atoms with van der Waals surface area (Å²) >= 11 is 0. The first-order valence-electron chi connectivity index (χ1n) is 7.28. The number of hydroxylamine groups is 2. The lowest BCUT2D eigenvalue weighted by Gasteiger charge is -2.17. The molecule has 0 aromatic rings. The molecule has 0 unspecified atom stereocenters. The second-order valence-electron chi connectivity index (χ2n) is 5.62. The molecule has 126 valence electrons. The molecule has 2 heterocycles. The van der Waals surface area contributed by atoms with E-state index in [1.165, 1.54) is 17.1 Å². The van der Waals surface area contributed by atoms with Crippen LogP contribution in [0, 0.1) is 5.92 Å². The minimum absolute atomic E-state index is 0.0324. The lowest BCUT2D eigenvalue weighted by molar-refractivity contribution is -0.199. The number of carbonyl (C=O) groups is 5. The van der Waals surface area contributed by atoms with Crippen molar-refractivity contribution in [2.75, 3.05) is 0 Å². The minimum Gasteiger partial charge on any atom is -0.330 e. The highest BCUT2D eigenvalue weighted by Crippen LogP contribution is 2.13. The van der Waals surface area contributed by atoms with Crippen LogP contribution in [0.4, 0.5) is 0 Å². The fourth-order valence-corrected chi connectivity index (χ4v) is 1.77. The average Bonchev–Trinajstić information content (AvgIpc) is 2.95. The quantitative estimate of drug-likeness (QED) is 0.703. The van der Waals surface area contributed by atoms with Crippen LogP contribution in [0.3, 0.4) is 0 Å². The number of imide groups is 2. The van der Waals surface area contributed by atoms with Crippen LogP contribution in [0.2, 0.25) is 0 Å². The van der Waals surface area contributed by atoms with Crippen molar-refractivity contribution in [1.82, 2.24) is 9.96 Å². The second-order valence-corrected chi connectivity index (χ2v) is 5.62. The summed E-state index contributed by atoms with van der Waals surface area (Å²) < 4.78 is 0. The third-order valence-corrected chi connectivity index (χ3v) is 3.02. The largest absolute Gasteiger partial charge is 0.335 e. The summed E-state index contributed by atoms with van der Waals surface area (Å²) in [6.07, 6.45) is 2.85. The molecular formula is C15H20N2O6. The molecule has 0 N–H and O–H groups in total. The molecule has 0 radical (unpaired) electrons.